The van der Waals surface area contributed by atoms with Gasteiger partial charge in [-0.25, -0.2) is 0 Å². The molecule has 1 heterocycles. The van der Waals surface area contributed by atoms with Crippen LogP contribution in [0.2, 0.25) is 0 Å². The van der Waals surface area contributed by atoms with Crippen LogP contribution in [0, 0.1) is 0 Å². The minimum absolute atomic E-state index is 0.0778. The number of nitrogens with zero attached hydrogens (tertiary/aromatic N) is 1. The highest BCUT2D eigenvalue weighted by atomic mass is 16.3. The molecule has 4 aromatic rings. The highest BCUT2D eigenvalue weighted by Crippen LogP contribution is 2.21. The Bertz CT molecular complexity index is 989. The van der Waals surface area contributed by atoms with Gasteiger partial charge in [-0.1, -0.05) is 78.9 Å². The number of furan rings is 1. The van der Waals surface area contributed by atoms with Crippen molar-refractivity contribution in [2.75, 3.05) is 6.54 Å². The number of hydrogen-bond acceptors (Lipinski definition) is 2. The topological polar surface area (TPSA) is 33.5 Å². The van der Waals surface area contributed by atoms with Crippen molar-refractivity contribution in [3.05, 3.63) is 108 Å². The van der Waals surface area contributed by atoms with Crippen LogP contribution in [0.15, 0.2) is 95.4 Å². The Balaban J connectivity index is 1.58. The molecule has 0 aliphatic rings. The SMILES string of the molecule is O=C(c1cc2ccccc2o1)N(CCc1ccccc1)Cc1ccccc1. The van der Waals surface area contributed by atoms with Gasteiger partial charge in [0.05, 0.1) is 0 Å². The first-order valence-electron chi connectivity index (χ1n) is 9.15. The molecule has 27 heavy (non-hydrogen) atoms. The number of rotatable bonds is 6. The summed E-state index contributed by atoms with van der Waals surface area (Å²) >= 11 is 0. The molecule has 0 saturated heterocycles. The van der Waals surface area contributed by atoms with E-state index in [9.17, 15) is 4.79 Å². The van der Waals surface area contributed by atoms with Crippen molar-refractivity contribution in [2.24, 2.45) is 0 Å². The first-order valence-corrected chi connectivity index (χ1v) is 9.15. The molecule has 0 spiro atoms. The number of carbonyl (C=O) groups is 1. The number of fused-ring (bicyclic) bond motifs is 1. The molecule has 0 fully saturated rings. The van der Waals surface area contributed by atoms with Crippen molar-refractivity contribution in [1.82, 2.24) is 4.90 Å². The fourth-order valence-electron chi connectivity index (χ4n) is 3.21. The standard InChI is InChI=1S/C24H21NO2/c26-24(23-17-21-13-7-8-14-22(21)27-23)25(18-20-11-5-2-6-12-20)16-15-19-9-3-1-4-10-19/h1-14,17H,15-16,18H2. The van der Waals surface area contributed by atoms with Gasteiger partial charge in [-0.2, -0.15) is 0 Å². The second-order valence-electron chi connectivity index (χ2n) is 6.60. The third-order valence-corrected chi connectivity index (χ3v) is 4.65. The maximum Gasteiger partial charge on any atom is 0.289 e. The van der Waals surface area contributed by atoms with Gasteiger partial charge < -0.3 is 9.32 Å². The summed E-state index contributed by atoms with van der Waals surface area (Å²) in [7, 11) is 0. The molecule has 0 radical (unpaired) electrons. The van der Waals surface area contributed by atoms with Gasteiger partial charge in [-0.3, -0.25) is 4.79 Å². The zero-order valence-electron chi connectivity index (χ0n) is 15.0. The zero-order chi connectivity index (χ0) is 18.5. The normalized spacial score (nSPS) is 10.8. The van der Waals surface area contributed by atoms with Crippen LogP contribution in [-0.4, -0.2) is 17.4 Å². The van der Waals surface area contributed by atoms with Gasteiger partial charge in [-0.05, 0) is 29.7 Å². The minimum atomic E-state index is -0.0778. The van der Waals surface area contributed by atoms with Gasteiger partial charge in [0.25, 0.3) is 5.91 Å². The third-order valence-electron chi connectivity index (χ3n) is 4.65. The monoisotopic (exact) mass is 355 g/mol. The highest BCUT2D eigenvalue weighted by molar-refractivity contribution is 5.96. The number of para-hydroxylation sites is 1. The summed E-state index contributed by atoms with van der Waals surface area (Å²) in [6.45, 7) is 1.19. The van der Waals surface area contributed by atoms with E-state index in [2.05, 4.69) is 12.1 Å². The lowest BCUT2D eigenvalue weighted by Crippen LogP contribution is -2.32. The van der Waals surface area contributed by atoms with Gasteiger partial charge >= 0.3 is 0 Å². The largest absolute Gasteiger partial charge is 0.451 e. The molecular weight excluding hydrogens is 334 g/mol. The van der Waals surface area contributed by atoms with E-state index in [1.54, 1.807) is 0 Å². The molecular formula is C24H21NO2. The predicted octanol–water partition coefficient (Wildman–Crippen LogP) is 5.32. The lowest BCUT2D eigenvalue weighted by Gasteiger charge is -2.22. The third kappa shape index (κ3) is 4.09. The fraction of sp³-hybridized carbons (Fsp3) is 0.125. The minimum Gasteiger partial charge on any atom is -0.451 e. The highest BCUT2D eigenvalue weighted by Gasteiger charge is 2.20. The maximum absolute atomic E-state index is 13.2. The number of carbonyl (C=O) groups excluding carboxylic acids is 1. The average molecular weight is 355 g/mol. The van der Waals surface area contributed by atoms with Crippen LogP contribution < -0.4 is 0 Å². The van der Waals surface area contributed by atoms with E-state index in [-0.39, 0.29) is 5.91 Å². The summed E-state index contributed by atoms with van der Waals surface area (Å²) in [5.74, 6) is 0.311. The Morgan fingerprint density at radius 1 is 0.778 bits per heavy atom. The average Bonchev–Trinajstić information content (AvgIpc) is 3.16. The van der Waals surface area contributed by atoms with Crippen LogP contribution in [0.25, 0.3) is 11.0 Å². The molecule has 4 rings (SSSR count). The van der Waals surface area contributed by atoms with Crippen molar-refractivity contribution in [1.29, 1.82) is 0 Å². The van der Waals surface area contributed by atoms with E-state index in [0.29, 0.717) is 18.8 Å². The lowest BCUT2D eigenvalue weighted by atomic mass is 10.1. The first-order chi connectivity index (χ1) is 13.3. The predicted molar refractivity (Wildman–Crippen MR) is 108 cm³/mol. The molecule has 3 aromatic carbocycles. The lowest BCUT2D eigenvalue weighted by molar-refractivity contribution is 0.0715. The molecule has 134 valence electrons. The molecule has 0 N–H and O–H groups in total. The van der Waals surface area contributed by atoms with Crippen LogP contribution in [0.4, 0.5) is 0 Å². The molecule has 0 atom stereocenters. The molecule has 1 aromatic heterocycles. The van der Waals surface area contributed by atoms with Crippen LogP contribution in [0.5, 0.6) is 0 Å². The van der Waals surface area contributed by atoms with E-state index in [1.165, 1.54) is 5.56 Å². The second-order valence-corrected chi connectivity index (χ2v) is 6.60. The van der Waals surface area contributed by atoms with Crippen LogP contribution in [0.3, 0.4) is 0 Å². The van der Waals surface area contributed by atoms with Gasteiger partial charge in [-0.15, -0.1) is 0 Å². The summed E-state index contributed by atoms with van der Waals surface area (Å²) < 4.78 is 5.81. The van der Waals surface area contributed by atoms with E-state index in [4.69, 9.17) is 4.42 Å². The number of hydrogen-bond donors (Lipinski definition) is 0. The van der Waals surface area contributed by atoms with Crippen molar-refractivity contribution in [3.8, 4) is 0 Å². The van der Waals surface area contributed by atoms with Crippen molar-refractivity contribution >= 4 is 16.9 Å². The molecule has 0 saturated carbocycles. The Labute approximate surface area is 158 Å². The Morgan fingerprint density at radius 2 is 1.41 bits per heavy atom. The van der Waals surface area contributed by atoms with Gasteiger partial charge in [0.1, 0.15) is 5.58 Å². The van der Waals surface area contributed by atoms with Gasteiger partial charge in [0, 0.05) is 18.5 Å². The number of amides is 1. The van der Waals surface area contributed by atoms with Gasteiger partial charge in [0.2, 0.25) is 0 Å². The molecule has 0 aliphatic carbocycles. The molecule has 0 aliphatic heterocycles. The summed E-state index contributed by atoms with van der Waals surface area (Å²) in [6, 6.07) is 29.8. The van der Waals surface area contributed by atoms with Crippen LogP contribution in [0.1, 0.15) is 21.7 Å². The summed E-state index contributed by atoms with van der Waals surface area (Å²) in [5, 5.41) is 0.948. The maximum atomic E-state index is 13.2. The Kier molecular flexibility index (Phi) is 5.01. The first kappa shape index (κ1) is 17.1. The fourth-order valence-corrected chi connectivity index (χ4v) is 3.21. The molecule has 1 amide bonds. The van der Waals surface area contributed by atoms with E-state index in [0.717, 1.165) is 23.0 Å². The zero-order valence-corrected chi connectivity index (χ0v) is 15.0. The quantitative estimate of drug-likeness (QED) is 0.469. The molecule has 0 bridgehead atoms. The molecule has 3 heteroatoms. The molecule has 3 nitrogen and oxygen atoms in total. The van der Waals surface area contributed by atoms with E-state index < -0.39 is 0 Å². The summed E-state index contributed by atoms with van der Waals surface area (Å²) in [6.07, 6.45) is 0.805. The van der Waals surface area contributed by atoms with Gasteiger partial charge in [0.15, 0.2) is 5.76 Å². The van der Waals surface area contributed by atoms with E-state index in [1.807, 2.05) is 83.8 Å². The van der Waals surface area contributed by atoms with Crippen molar-refractivity contribution in [2.45, 2.75) is 13.0 Å². The Morgan fingerprint density at radius 3 is 2.11 bits per heavy atom. The smallest absolute Gasteiger partial charge is 0.289 e. The Hall–Kier alpha value is -3.33. The van der Waals surface area contributed by atoms with Crippen LogP contribution >= 0.6 is 0 Å². The second kappa shape index (κ2) is 7.92. The number of benzene rings is 3. The summed E-state index contributed by atoms with van der Waals surface area (Å²) in [4.78, 5) is 15.0. The van der Waals surface area contributed by atoms with Crippen molar-refractivity contribution < 1.29 is 9.21 Å². The van der Waals surface area contributed by atoms with E-state index >= 15 is 0 Å². The van der Waals surface area contributed by atoms with Crippen LogP contribution in [-0.2, 0) is 13.0 Å². The summed E-state index contributed by atoms with van der Waals surface area (Å²) in [5.41, 5.74) is 3.06. The molecule has 0 unspecified atom stereocenters. The van der Waals surface area contributed by atoms with Crippen molar-refractivity contribution in [3.63, 3.8) is 0 Å².